The first-order chi connectivity index (χ1) is 18.3. The van der Waals surface area contributed by atoms with Crippen molar-refractivity contribution >= 4 is 55.2 Å². The summed E-state index contributed by atoms with van der Waals surface area (Å²) in [6.45, 7) is 4.58. The van der Waals surface area contributed by atoms with Crippen LogP contribution in [-0.2, 0) is 18.3 Å². The molecular weight excluding hydrogens is 518 g/mol. The lowest BCUT2D eigenvalue weighted by molar-refractivity contribution is -0.136. The minimum atomic E-state index is -0.847. The molecule has 1 aliphatic rings. The first kappa shape index (κ1) is 24.9. The monoisotopic (exact) mass is 545 g/mol. The number of piperazine rings is 1. The van der Waals surface area contributed by atoms with Crippen molar-refractivity contribution in [1.82, 2.24) is 19.7 Å². The predicted molar refractivity (Wildman–Crippen MR) is 154 cm³/mol. The van der Waals surface area contributed by atoms with Gasteiger partial charge in [0.25, 0.3) is 0 Å². The minimum Gasteiger partial charge on any atom is -0.481 e. The second kappa shape index (κ2) is 9.69. The number of rotatable bonds is 5. The van der Waals surface area contributed by atoms with Crippen molar-refractivity contribution < 1.29 is 9.90 Å². The zero-order valence-electron chi connectivity index (χ0n) is 21.5. The van der Waals surface area contributed by atoms with E-state index >= 15 is 0 Å². The maximum atomic E-state index is 11.8. The van der Waals surface area contributed by atoms with Gasteiger partial charge in [-0.2, -0.15) is 5.10 Å². The van der Waals surface area contributed by atoms with Gasteiger partial charge in [-0.25, -0.2) is 4.98 Å². The standard InChI is InChI=1S/C29H28ClN5O2S/c1-17-12-23-28(27(22(17)14-26(36)37)18-4-7-21(30)8-5-18)38-29(32-23)35-11-10-33(2)25(16-35)19-6-9-24-20(13-19)15-31-34(24)3/h4-9,12-13,15,25H,10-11,14,16H2,1-3H3,(H,36,37). The highest BCUT2D eigenvalue weighted by Gasteiger charge is 2.29. The molecule has 1 atom stereocenters. The van der Waals surface area contributed by atoms with Crippen molar-refractivity contribution in [2.45, 2.75) is 19.4 Å². The lowest BCUT2D eigenvalue weighted by Crippen LogP contribution is -2.46. The smallest absolute Gasteiger partial charge is 0.307 e. The lowest BCUT2D eigenvalue weighted by atomic mass is 9.93. The van der Waals surface area contributed by atoms with E-state index in [-0.39, 0.29) is 12.5 Å². The maximum absolute atomic E-state index is 11.8. The van der Waals surface area contributed by atoms with E-state index in [0.717, 1.165) is 68.1 Å². The van der Waals surface area contributed by atoms with Crippen LogP contribution in [0.15, 0.2) is 54.7 Å². The van der Waals surface area contributed by atoms with Crippen LogP contribution in [0, 0.1) is 6.92 Å². The highest BCUT2D eigenvalue weighted by atomic mass is 35.5. The second-order valence-corrected chi connectivity index (χ2v) is 11.4. The van der Waals surface area contributed by atoms with Gasteiger partial charge >= 0.3 is 5.97 Å². The highest BCUT2D eigenvalue weighted by Crippen LogP contribution is 2.42. The van der Waals surface area contributed by atoms with Gasteiger partial charge in [0.1, 0.15) is 0 Å². The number of nitrogens with zero attached hydrogens (tertiary/aromatic N) is 5. The Morgan fingerprint density at radius 3 is 2.68 bits per heavy atom. The number of aromatic nitrogens is 3. The van der Waals surface area contributed by atoms with E-state index in [0.29, 0.717) is 5.02 Å². The molecule has 7 nitrogen and oxygen atoms in total. The molecule has 0 spiro atoms. The van der Waals surface area contributed by atoms with Crippen LogP contribution in [0.2, 0.25) is 5.02 Å². The first-order valence-corrected chi connectivity index (χ1v) is 13.8. The Morgan fingerprint density at radius 1 is 1.13 bits per heavy atom. The van der Waals surface area contributed by atoms with Gasteiger partial charge in [-0.15, -0.1) is 0 Å². The van der Waals surface area contributed by atoms with Crippen LogP contribution in [-0.4, -0.2) is 57.4 Å². The Labute approximate surface area is 229 Å². The van der Waals surface area contributed by atoms with Gasteiger partial charge in [-0.3, -0.25) is 14.4 Å². The average Bonchev–Trinajstić information content (AvgIpc) is 3.48. The molecule has 1 N–H and O–H groups in total. The molecule has 1 unspecified atom stereocenters. The van der Waals surface area contributed by atoms with Crippen LogP contribution in [0.4, 0.5) is 5.13 Å². The third-order valence-electron chi connectivity index (χ3n) is 7.53. The van der Waals surface area contributed by atoms with Gasteiger partial charge in [-0.05, 0) is 66.6 Å². The second-order valence-electron chi connectivity index (χ2n) is 10.00. The summed E-state index contributed by atoms with van der Waals surface area (Å²) in [7, 11) is 4.14. The fourth-order valence-corrected chi connectivity index (χ4v) is 6.76. The number of benzene rings is 3. The predicted octanol–water partition coefficient (Wildman–Crippen LogP) is 5.93. The molecule has 0 radical (unpaired) electrons. The minimum absolute atomic E-state index is 0.0413. The van der Waals surface area contributed by atoms with Gasteiger partial charge in [0.15, 0.2) is 5.13 Å². The van der Waals surface area contributed by atoms with E-state index in [4.69, 9.17) is 16.6 Å². The molecule has 2 aromatic heterocycles. The highest BCUT2D eigenvalue weighted by molar-refractivity contribution is 7.22. The van der Waals surface area contributed by atoms with E-state index in [2.05, 4.69) is 40.1 Å². The number of carbonyl (C=O) groups is 1. The quantitative estimate of drug-likeness (QED) is 0.295. The molecule has 0 aliphatic carbocycles. The van der Waals surface area contributed by atoms with Crippen LogP contribution < -0.4 is 4.90 Å². The summed E-state index contributed by atoms with van der Waals surface area (Å²) < 4.78 is 2.91. The SMILES string of the molecule is Cc1cc2nc(N3CCN(C)C(c4ccc5c(cnn5C)c4)C3)sc2c(-c2ccc(Cl)cc2)c1CC(=O)O. The molecule has 1 saturated heterocycles. The number of halogens is 1. The third kappa shape index (κ3) is 4.42. The fourth-order valence-electron chi connectivity index (χ4n) is 5.46. The van der Waals surface area contributed by atoms with E-state index in [9.17, 15) is 9.90 Å². The van der Waals surface area contributed by atoms with Crippen molar-refractivity contribution in [2.24, 2.45) is 7.05 Å². The summed E-state index contributed by atoms with van der Waals surface area (Å²) in [6, 6.07) is 16.5. The number of carboxylic acid groups (broad SMARTS) is 1. The molecule has 1 aliphatic heterocycles. The Kier molecular flexibility index (Phi) is 6.34. The van der Waals surface area contributed by atoms with Crippen LogP contribution in [0.3, 0.4) is 0 Å². The molecule has 1 fully saturated rings. The molecule has 0 saturated carbocycles. The number of hydrogen-bond donors (Lipinski definition) is 1. The van der Waals surface area contributed by atoms with Crippen molar-refractivity contribution in [2.75, 3.05) is 31.6 Å². The Bertz CT molecular complexity index is 1680. The van der Waals surface area contributed by atoms with Crippen molar-refractivity contribution in [3.63, 3.8) is 0 Å². The summed E-state index contributed by atoms with van der Waals surface area (Å²) in [6.07, 6.45) is 1.88. The zero-order valence-corrected chi connectivity index (χ0v) is 23.1. The number of likely N-dealkylation sites (N-methyl/N-ethyl adjacent to an activating group) is 1. The molecule has 9 heteroatoms. The summed E-state index contributed by atoms with van der Waals surface area (Å²) in [5.74, 6) is -0.847. The molecule has 5 aromatic rings. The van der Waals surface area contributed by atoms with Gasteiger partial charge in [-0.1, -0.05) is 41.1 Å². The molecule has 3 heterocycles. The molecule has 0 amide bonds. The van der Waals surface area contributed by atoms with Gasteiger partial charge in [0.2, 0.25) is 0 Å². The molecule has 194 valence electrons. The molecule has 6 rings (SSSR count). The topological polar surface area (TPSA) is 74.5 Å². The van der Waals surface area contributed by atoms with Crippen LogP contribution in [0.1, 0.15) is 22.7 Å². The third-order valence-corrected chi connectivity index (χ3v) is 8.94. The van der Waals surface area contributed by atoms with Crippen LogP contribution in [0.5, 0.6) is 0 Å². The molecule has 38 heavy (non-hydrogen) atoms. The zero-order chi connectivity index (χ0) is 26.6. The number of thiazole rings is 1. The lowest BCUT2D eigenvalue weighted by Gasteiger charge is -2.39. The van der Waals surface area contributed by atoms with E-state index in [1.165, 1.54) is 5.56 Å². The van der Waals surface area contributed by atoms with Crippen LogP contribution >= 0.6 is 22.9 Å². The average molecular weight is 546 g/mol. The fraction of sp³-hybridized carbons (Fsp3) is 0.276. The number of fused-ring (bicyclic) bond motifs is 2. The number of anilines is 1. The normalized spacial score (nSPS) is 16.5. The van der Waals surface area contributed by atoms with Gasteiger partial charge < -0.3 is 10.0 Å². The molecular formula is C29H28ClN5O2S. The van der Waals surface area contributed by atoms with E-state index in [1.54, 1.807) is 11.3 Å². The Balaban J connectivity index is 1.41. The summed E-state index contributed by atoms with van der Waals surface area (Å²) in [4.78, 5) is 21.6. The molecule has 0 bridgehead atoms. The summed E-state index contributed by atoms with van der Waals surface area (Å²) in [5, 5.41) is 16.8. The summed E-state index contributed by atoms with van der Waals surface area (Å²) >= 11 is 7.81. The van der Waals surface area contributed by atoms with Crippen molar-refractivity contribution in [3.05, 3.63) is 76.4 Å². The summed E-state index contributed by atoms with van der Waals surface area (Å²) in [5.41, 5.74) is 6.93. The van der Waals surface area contributed by atoms with E-state index < -0.39 is 5.97 Å². The number of hydrogen-bond acceptors (Lipinski definition) is 6. The largest absolute Gasteiger partial charge is 0.481 e. The number of aliphatic carboxylic acids is 1. The molecule has 3 aromatic carbocycles. The van der Waals surface area contributed by atoms with Crippen LogP contribution in [0.25, 0.3) is 32.2 Å². The number of carboxylic acids is 1. The van der Waals surface area contributed by atoms with Crippen molar-refractivity contribution in [3.8, 4) is 11.1 Å². The van der Waals surface area contributed by atoms with E-state index in [1.807, 2.05) is 55.2 Å². The first-order valence-electron chi connectivity index (χ1n) is 12.6. The Morgan fingerprint density at radius 2 is 1.92 bits per heavy atom. The van der Waals surface area contributed by atoms with Gasteiger partial charge in [0, 0.05) is 42.7 Å². The maximum Gasteiger partial charge on any atom is 0.307 e. The Hall–Kier alpha value is -3.46. The van der Waals surface area contributed by atoms with Gasteiger partial charge in [0.05, 0.1) is 34.4 Å². The van der Waals surface area contributed by atoms with Crippen molar-refractivity contribution in [1.29, 1.82) is 0 Å². The number of aryl methyl sites for hydroxylation is 2.